The SMILES string of the molecule is CC(C)OC(=O)N1CCC([C@H](C)Oc2ccc(-c3ccc4c(c3)CN[C@H](C(=O)N3CCC[C@H]3C#N)C4)cn2)CC1.Cl. The Morgan fingerprint density at radius 1 is 1.05 bits per heavy atom. The van der Waals surface area contributed by atoms with Crippen LogP contribution in [0.4, 0.5) is 4.79 Å². The van der Waals surface area contributed by atoms with Crippen molar-refractivity contribution in [2.75, 3.05) is 19.6 Å². The number of halogens is 1. The van der Waals surface area contributed by atoms with Gasteiger partial charge in [0, 0.05) is 44.0 Å². The number of nitriles is 1. The van der Waals surface area contributed by atoms with E-state index in [2.05, 4.69) is 41.5 Å². The largest absolute Gasteiger partial charge is 0.474 e. The molecule has 3 atom stereocenters. The Balaban J connectivity index is 0.00000387. The van der Waals surface area contributed by atoms with Gasteiger partial charge in [0.2, 0.25) is 11.8 Å². The maximum Gasteiger partial charge on any atom is 0.410 e. The quantitative estimate of drug-likeness (QED) is 0.526. The zero-order valence-electron chi connectivity index (χ0n) is 24.0. The van der Waals surface area contributed by atoms with Crippen molar-refractivity contribution in [1.29, 1.82) is 5.26 Å². The molecule has 0 unspecified atom stereocenters. The number of nitrogens with zero attached hydrogens (tertiary/aromatic N) is 4. The smallest absolute Gasteiger partial charge is 0.410 e. The van der Waals surface area contributed by atoms with Gasteiger partial charge in [-0.3, -0.25) is 4.79 Å². The number of nitrogens with one attached hydrogen (secondary N) is 1. The highest BCUT2D eigenvalue weighted by atomic mass is 35.5. The van der Waals surface area contributed by atoms with Gasteiger partial charge in [0.15, 0.2) is 0 Å². The van der Waals surface area contributed by atoms with Crippen molar-refractivity contribution >= 4 is 24.4 Å². The average Bonchev–Trinajstić information content (AvgIpc) is 3.45. The summed E-state index contributed by atoms with van der Waals surface area (Å²) in [5.74, 6) is 0.980. The van der Waals surface area contributed by atoms with E-state index in [4.69, 9.17) is 9.47 Å². The Morgan fingerprint density at radius 2 is 1.80 bits per heavy atom. The van der Waals surface area contributed by atoms with Crippen molar-refractivity contribution in [3.05, 3.63) is 47.7 Å². The highest BCUT2D eigenvalue weighted by Crippen LogP contribution is 2.29. The van der Waals surface area contributed by atoms with E-state index in [1.807, 2.05) is 32.2 Å². The molecule has 0 saturated carbocycles. The minimum Gasteiger partial charge on any atom is -0.474 e. The number of fused-ring (bicyclic) bond motifs is 1. The van der Waals surface area contributed by atoms with Gasteiger partial charge < -0.3 is 24.6 Å². The summed E-state index contributed by atoms with van der Waals surface area (Å²) in [7, 11) is 0. The van der Waals surface area contributed by atoms with Gasteiger partial charge in [0.05, 0.1) is 18.2 Å². The number of carbonyl (C=O) groups excluding carboxylic acids is 2. The highest BCUT2D eigenvalue weighted by Gasteiger charge is 2.34. The maximum absolute atomic E-state index is 13.0. The van der Waals surface area contributed by atoms with Crippen LogP contribution in [0.5, 0.6) is 5.88 Å². The number of carbonyl (C=O) groups is 2. The van der Waals surface area contributed by atoms with E-state index < -0.39 is 0 Å². The first-order chi connectivity index (χ1) is 19.3. The van der Waals surface area contributed by atoms with Crippen LogP contribution in [-0.4, -0.2) is 70.7 Å². The summed E-state index contributed by atoms with van der Waals surface area (Å²) >= 11 is 0. The number of likely N-dealkylation sites (tertiary alicyclic amines) is 2. The van der Waals surface area contributed by atoms with Crippen molar-refractivity contribution in [2.45, 2.75) is 83.7 Å². The third-order valence-electron chi connectivity index (χ3n) is 8.33. The van der Waals surface area contributed by atoms with Crippen molar-refractivity contribution in [3.8, 4) is 23.1 Å². The van der Waals surface area contributed by atoms with Crippen LogP contribution in [0.15, 0.2) is 36.5 Å². The lowest BCUT2D eigenvalue weighted by Gasteiger charge is -2.34. The molecule has 0 radical (unpaired) electrons. The normalized spacial score (nSPS) is 21.4. The lowest BCUT2D eigenvalue weighted by Crippen LogP contribution is -2.50. The van der Waals surface area contributed by atoms with Gasteiger partial charge in [-0.15, -0.1) is 12.4 Å². The lowest BCUT2D eigenvalue weighted by atomic mass is 9.92. The Morgan fingerprint density at radius 3 is 2.49 bits per heavy atom. The van der Waals surface area contributed by atoms with Crippen molar-refractivity contribution in [1.82, 2.24) is 20.1 Å². The summed E-state index contributed by atoms with van der Waals surface area (Å²) in [6.45, 7) is 8.44. The topological polar surface area (TPSA) is 108 Å². The fourth-order valence-corrected chi connectivity index (χ4v) is 5.97. The molecule has 2 saturated heterocycles. The predicted octanol–water partition coefficient (Wildman–Crippen LogP) is 4.72. The van der Waals surface area contributed by atoms with Crippen molar-refractivity contribution < 1.29 is 19.1 Å². The zero-order chi connectivity index (χ0) is 28.2. The van der Waals surface area contributed by atoms with E-state index >= 15 is 0 Å². The van der Waals surface area contributed by atoms with Gasteiger partial charge in [-0.25, -0.2) is 9.78 Å². The van der Waals surface area contributed by atoms with Crippen LogP contribution in [-0.2, 0) is 22.5 Å². The minimum absolute atomic E-state index is 0. The van der Waals surface area contributed by atoms with E-state index in [9.17, 15) is 14.9 Å². The van der Waals surface area contributed by atoms with Crippen molar-refractivity contribution in [2.24, 2.45) is 5.92 Å². The van der Waals surface area contributed by atoms with Gasteiger partial charge in [-0.1, -0.05) is 12.1 Å². The Hall–Kier alpha value is -3.35. The fraction of sp³-hybridized carbons (Fsp3) is 0.548. The standard InChI is InChI=1S/C31H39N5O4.ClH/c1-20(2)39-31(38)35-13-10-22(11-14-35)21(3)40-29-9-8-25(18-34-29)23-6-7-24-16-28(33-19-26(24)15-23)30(37)36-12-4-5-27(36)17-32;/h6-9,15,18,20-22,27-28,33H,4-5,10-14,16,19H2,1-3H3;1H/t21-,27-,28-;/m0./s1. The van der Waals surface area contributed by atoms with Crippen LogP contribution < -0.4 is 10.1 Å². The molecule has 2 aromatic rings. The van der Waals surface area contributed by atoms with Crippen LogP contribution in [0, 0.1) is 17.2 Å². The van der Waals surface area contributed by atoms with Gasteiger partial charge in [0.25, 0.3) is 0 Å². The number of hydrogen-bond acceptors (Lipinski definition) is 7. The number of piperidine rings is 1. The Kier molecular flexibility index (Phi) is 10.1. The van der Waals surface area contributed by atoms with Crippen LogP contribution in [0.3, 0.4) is 0 Å². The first kappa shape index (κ1) is 30.6. The fourth-order valence-electron chi connectivity index (χ4n) is 5.97. The first-order valence-electron chi connectivity index (χ1n) is 14.5. The van der Waals surface area contributed by atoms with Gasteiger partial charge in [0.1, 0.15) is 12.1 Å². The Bertz CT molecular complexity index is 1260. The van der Waals surface area contributed by atoms with E-state index in [-0.39, 0.29) is 48.7 Å². The molecule has 3 aliphatic rings. The number of pyridine rings is 1. The first-order valence-corrected chi connectivity index (χ1v) is 14.5. The average molecular weight is 582 g/mol. The molecule has 0 aliphatic carbocycles. The van der Waals surface area contributed by atoms with E-state index in [0.29, 0.717) is 44.4 Å². The molecule has 1 N–H and O–H groups in total. The number of ether oxygens (including phenoxy) is 2. The molecule has 1 aromatic heterocycles. The molecule has 2 amide bonds. The molecule has 1 aromatic carbocycles. The van der Waals surface area contributed by atoms with Crippen LogP contribution in [0.25, 0.3) is 11.1 Å². The lowest BCUT2D eigenvalue weighted by molar-refractivity contribution is -0.133. The highest BCUT2D eigenvalue weighted by molar-refractivity contribution is 5.85. The van der Waals surface area contributed by atoms with Crippen LogP contribution in [0.2, 0.25) is 0 Å². The second kappa shape index (κ2) is 13.5. The molecule has 10 heteroatoms. The summed E-state index contributed by atoms with van der Waals surface area (Å²) in [5, 5.41) is 12.7. The molecular formula is C31H40ClN5O4. The minimum atomic E-state index is -0.297. The van der Waals surface area contributed by atoms with E-state index in [1.165, 1.54) is 11.1 Å². The summed E-state index contributed by atoms with van der Waals surface area (Å²) in [6, 6.07) is 12.0. The molecule has 41 heavy (non-hydrogen) atoms. The number of hydrogen-bond donors (Lipinski definition) is 1. The van der Waals surface area contributed by atoms with Crippen molar-refractivity contribution in [3.63, 3.8) is 0 Å². The molecule has 0 spiro atoms. The molecular weight excluding hydrogens is 542 g/mol. The van der Waals surface area contributed by atoms with Crippen LogP contribution in [0.1, 0.15) is 57.6 Å². The monoisotopic (exact) mass is 581 g/mol. The third-order valence-corrected chi connectivity index (χ3v) is 8.33. The molecule has 220 valence electrons. The third kappa shape index (κ3) is 7.11. The summed E-state index contributed by atoms with van der Waals surface area (Å²) in [6.07, 6.45) is 5.53. The maximum atomic E-state index is 13.0. The molecule has 0 bridgehead atoms. The number of benzene rings is 1. The number of amides is 2. The van der Waals surface area contributed by atoms with Gasteiger partial charge in [-0.2, -0.15) is 5.26 Å². The Labute approximate surface area is 248 Å². The van der Waals surface area contributed by atoms with Crippen LogP contribution >= 0.6 is 12.4 Å². The summed E-state index contributed by atoms with van der Waals surface area (Å²) < 4.78 is 11.5. The van der Waals surface area contributed by atoms with E-state index in [1.54, 1.807) is 9.80 Å². The number of aromatic nitrogens is 1. The summed E-state index contributed by atoms with van der Waals surface area (Å²) in [5.41, 5.74) is 4.42. The number of rotatable bonds is 6. The van der Waals surface area contributed by atoms with E-state index in [0.717, 1.165) is 36.8 Å². The molecule has 4 heterocycles. The second-order valence-corrected chi connectivity index (χ2v) is 11.4. The molecule has 5 rings (SSSR count). The van der Waals surface area contributed by atoms with Gasteiger partial charge >= 0.3 is 6.09 Å². The molecule has 3 aliphatic heterocycles. The molecule has 2 fully saturated rings. The second-order valence-electron chi connectivity index (χ2n) is 11.4. The zero-order valence-corrected chi connectivity index (χ0v) is 24.9. The van der Waals surface area contributed by atoms with Gasteiger partial charge in [-0.05, 0) is 87.6 Å². The summed E-state index contributed by atoms with van der Waals surface area (Å²) in [4.78, 5) is 33.3. The molecule has 9 nitrogen and oxygen atoms in total. The predicted molar refractivity (Wildman–Crippen MR) is 158 cm³/mol.